The van der Waals surface area contributed by atoms with Gasteiger partial charge in [-0.2, -0.15) is 0 Å². The van der Waals surface area contributed by atoms with Gasteiger partial charge in [-0.1, -0.05) is 30.3 Å². The van der Waals surface area contributed by atoms with Crippen LogP contribution in [-0.2, 0) is 5.75 Å². The van der Waals surface area contributed by atoms with Crippen LogP contribution in [0.2, 0.25) is 0 Å². The fourth-order valence-electron chi connectivity index (χ4n) is 1.59. The van der Waals surface area contributed by atoms with Gasteiger partial charge in [0.1, 0.15) is 5.75 Å². The Balaban J connectivity index is 2.10. The molecule has 0 heterocycles. The number of rotatable bonds is 4. The number of benzene rings is 2. The van der Waals surface area contributed by atoms with Crippen molar-refractivity contribution < 1.29 is 4.74 Å². The summed E-state index contributed by atoms with van der Waals surface area (Å²) in [6.45, 7) is 0. The quantitative estimate of drug-likeness (QED) is 0.660. The van der Waals surface area contributed by atoms with Gasteiger partial charge in [-0.15, -0.1) is 11.8 Å². The molecule has 0 fully saturated rings. The third-order valence-electron chi connectivity index (χ3n) is 2.49. The van der Waals surface area contributed by atoms with E-state index in [1.807, 2.05) is 42.5 Å². The molecule has 17 heavy (non-hydrogen) atoms. The van der Waals surface area contributed by atoms with Gasteiger partial charge in [0.05, 0.1) is 7.11 Å². The van der Waals surface area contributed by atoms with Gasteiger partial charge in [0.2, 0.25) is 0 Å². The highest BCUT2D eigenvalue weighted by Crippen LogP contribution is 2.30. The fourth-order valence-corrected chi connectivity index (χ4v) is 2.55. The highest BCUT2D eigenvalue weighted by atomic mass is 32.2. The third kappa shape index (κ3) is 2.94. The summed E-state index contributed by atoms with van der Waals surface area (Å²) in [4.78, 5) is 1.11. The highest BCUT2D eigenvalue weighted by molar-refractivity contribution is 7.98. The summed E-state index contributed by atoms with van der Waals surface area (Å²) >= 11 is 1.72. The van der Waals surface area contributed by atoms with Gasteiger partial charge in [-0.25, -0.2) is 0 Å². The summed E-state index contributed by atoms with van der Waals surface area (Å²) in [5.41, 5.74) is 7.91. The average molecular weight is 245 g/mol. The van der Waals surface area contributed by atoms with Gasteiger partial charge in [0, 0.05) is 21.9 Å². The summed E-state index contributed by atoms with van der Waals surface area (Å²) in [5, 5.41) is 0. The van der Waals surface area contributed by atoms with Crippen LogP contribution in [0.15, 0.2) is 53.4 Å². The summed E-state index contributed by atoms with van der Waals surface area (Å²) in [6, 6.07) is 16.0. The minimum Gasteiger partial charge on any atom is -0.496 e. The van der Waals surface area contributed by atoms with Crippen molar-refractivity contribution in [2.75, 3.05) is 12.8 Å². The average Bonchev–Trinajstić information content (AvgIpc) is 2.38. The lowest BCUT2D eigenvalue weighted by atomic mass is 10.2. The SMILES string of the molecule is COc1ccccc1CSc1ccccc1N. The van der Waals surface area contributed by atoms with Crippen LogP contribution in [0.4, 0.5) is 5.69 Å². The van der Waals surface area contributed by atoms with Gasteiger partial charge in [-0.05, 0) is 18.2 Å². The second-order valence-corrected chi connectivity index (χ2v) is 4.66. The second-order valence-electron chi connectivity index (χ2n) is 3.64. The maximum atomic E-state index is 5.90. The van der Waals surface area contributed by atoms with Gasteiger partial charge < -0.3 is 10.5 Å². The molecule has 0 aliphatic rings. The predicted octanol–water partition coefficient (Wildman–Crippen LogP) is 3.57. The van der Waals surface area contributed by atoms with Crippen LogP contribution in [0, 0.1) is 0 Å². The smallest absolute Gasteiger partial charge is 0.122 e. The minimum absolute atomic E-state index is 0.826. The van der Waals surface area contributed by atoms with Crippen LogP contribution >= 0.6 is 11.8 Å². The normalized spacial score (nSPS) is 10.2. The predicted molar refractivity (Wildman–Crippen MR) is 73.4 cm³/mol. The molecular weight excluding hydrogens is 230 g/mol. The molecule has 0 saturated carbocycles. The van der Waals surface area contributed by atoms with E-state index in [1.54, 1.807) is 18.9 Å². The maximum absolute atomic E-state index is 5.90. The fraction of sp³-hybridized carbons (Fsp3) is 0.143. The van der Waals surface area contributed by atoms with Gasteiger partial charge in [0.25, 0.3) is 0 Å². The zero-order valence-corrected chi connectivity index (χ0v) is 10.5. The number of hydrogen-bond acceptors (Lipinski definition) is 3. The molecule has 0 aliphatic heterocycles. The van der Waals surface area contributed by atoms with Crippen LogP contribution in [0.25, 0.3) is 0 Å². The number of ether oxygens (including phenoxy) is 1. The Bertz CT molecular complexity index is 499. The Morgan fingerprint density at radius 3 is 2.53 bits per heavy atom. The number of thioether (sulfide) groups is 1. The Morgan fingerprint density at radius 2 is 1.76 bits per heavy atom. The molecule has 0 unspecified atom stereocenters. The van der Waals surface area contributed by atoms with Crippen molar-refractivity contribution in [2.24, 2.45) is 0 Å². The van der Waals surface area contributed by atoms with Gasteiger partial charge in [-0.3, -0.25) is 0 Å². The molecule has 0 aliphatic carbocycles. The minimum atomic E-state index is 0.826. The molecule has 3 heteroatoms. The van der Waals surface area contributed by atoms with Crippen molar-refractivity contribution in [3.63, 3.8) is 0 Å². The number of methoxy groups -OCH3 is 1. The highest BCUT2D eigenvalue weighted by Gasteiger charge is 2.04. The zero-order valence-electron chi connectivity index (χ0n) is 9.72. The molecule has 2 N–H and O–H groups in total. The van der Waals surface area contributed by atoms with E-state index in [1.165, 1.54) is 5.56 Å². The van der Waals surface area contributed by atoms with E-state index in [0.717, 1.165) is 22.1 Å². The van der Waals surface area contributed by atoms with E-state index in [-0.39, 0.29) is 0 Å². The molecule has 0 amide bonds. The van der Waals surface area contributed by atoms with Gasteiger partial charge in [0.15, 0.2) is 0 Å². The summed E-state index contributed by atoms with van der Waals surface area (Å²) in [7, 11) is 1.69. The second kappa shape index (κ2) is 5.64. The molecule has 2 nitrogen and oxygen atoms in total. The lowest BCUT2D eigenvalue weighted by Gasteiger charge is -2.08. The molecule has 0 radical (unpaired) electrons. The molecular formula is C14H15NOS. The van der Waals surface area contributed by atoms with Crippen LogP contribution in [0.1, 0.15) is 5.56 Å². The lowest BCUT2D eigenvalue weighted by Crippen LogP contribution is -1.91. The number of nitrogen functional groups attached to an aromatic ring is 1. The first-order valence-electron chi connectivity index (χ1n) is 5.40. The first-order valence-corrected chi connectivity index (χ1v) is 6.39. The molecule has 88 valence electrons. The maximum Gasteiger partial charge on any atom is 0.122 e. The van der Waals surface area contributed by atoms with E-state index in [9.17, 15) is 0 Å². The van der Waals surface area contributed by atoms with Crippen LogP contribution in [0.3, 0.4) is 0 Å². The van der Waals surface area contributed by atoms with Crippen molar-refractivity contribution in [1.29, 1.82) is 0 Å². The first kappa shape index (κ1) is 11.9. The van der Waals surface area contributed by atoms with Crippen molar-refractivity contribution in [2.45, 2.75) is 10.6 Å². The zero-order chi connectivity index (χ0) is 12.1. The molecule has 2 aromatic carbocycles. The molecule has 0 bridgehead atoms. The van der Waals surface area contributed by atoms with Crippen molar-refractivity contribution >= 4 is 17.4 Å². The van der Waals surface area contributed by atoms with E-state index in [4.69, 9.17) is 10.5 Å². The number of nitrogens with two attached hydrogens (primary N) is 1. The molecule has 0 atom stereocenters. The monoisotopic (exact) mass is 245 g/mol. The van der Waals surface area contributed by atoms with Crippen LogP contribution < -0.4 is 10.5 Å². The Labute approximate surface area is 106 Å². The molecule has 0 aromatic heterocycles. The van der Waals surface area contributed by atoms with Gasteiger partial charge >= 0.3 is 0 Å². The topological polar surface area (TPSA) is 35.2 Å². The Morgan fingerprint density at radius 1 is 1.06 bits per heavy atom. The van der Waals surface area contributed by atoms with Crippen molar-refractivity contribution in [1.82, 2.24) is 0 Å². The van der Waals surface area contributed by atoms with Crippen molar-refractivity contribution in [3.8, 4) is 5.75 Å². The van der Waals surface area contributed by atoms with E-state index >= 15 is 0 Å². The van der Waals surface area contributed by atoms with E-state index in [2.05, 4.69) is 6.07 Å². The summed E-state index contributed by atoms with van der Waals surface area (Å²) in [5.74, 6) is 1.78. The number of anilines is 1. The molecule has 0 saturated heterocycles. The molecule has 2 rings (SSSR count). The number of hydrogen-bond donors (Lipinski definition) is 1. The standard InChI is InChI=1S/C14H15NOS/c1-16-13-8-4-2-6-11(13)10-17-14-9-5-3-7-12(14)15/h2-9H,10,15H2,1H3. The van der Waals surface area contributed by atoms with E-state index in [0.29, 0.717) is 0 Å². The third-order valence-corrected chi connectivity index (χ3v) is 3.63. The summed E-state index contributed by atoms with van der Waals surface area (Å²) in [6.07, 6.45) is 0. The Hall–Kier alpha value is -1.61. The Kier molecular flexibility index (Phi) is 3.94. The van der Waals surface area contributed by atoms with Crippen molar-refractivity contribution in [3.05, 3.63) is 54.1 Å². The van der Waals surface area contributed by atoms with E-state index < -0.39 is 0 Å². The number of para-hydroxylation sites is 2. The molecule has 2 aromatic rings. The lowest BCUT2D eigenvalue weighted by molar-refractivity contribution is 0.411. The van der Waals surface area contributed by atoms with Crippen LogP contribution in [-0.4, -0.2) is 7.11 Å². The largest absolute Gasteiger partial charge is 0.496 e. The summed E-state index contributed by atoms with van der Waals surface area (Å²) < 4.78 is 5.32. The first-order chi connectivity index (χ1) is 8.31. The molecule has 0 spiro atoms. The van der Waals surface area contributed by atoms with Crippen LogP contribution in [0.5, 0.6) is 5.75 Å².